The molecule has 0 heterocycles. The third kappa shape index (κ3) is 3.88. The van der Waals surface area contributed by atoms with Gasteiger partial charge in [-0.3, -0.25) is 4.79 Å². The molecule has 1 rings (SSSR count). The van der Waals surface area contributed by atoms with Crippen LogP contribution in [0.3, 0.4) is 0 Å². The number of carbonyl (C=O) groups is 1. The van der Waals surface area contributed by atoms with Crippen molar-refractivity contribution in [1.82, 2.24) is 5.32 Å². The fourth-order valence-corrected chi connectivity index (χ4v) is 1.59. The quantitative estimate of drug-likeness (QED) is 0.837. The van der Waals surface area contributed by atoms with Crippen LogP contribution in [0.5, 0.6) is 0 Å². The number of rotatable bonds is 4. The lowest BCUT2D eigenvalue weighted by Gasteiger charge is -2.20. The summed E-state index contributed by atoms with van der Waals surface area (Å²) in [5.41, 5.74) is -0.265. The van der Waals surface area contributed by atoms with Gasteiger partial charge in [0, 0.05) is 18.5 Å². The summed E-state index contributed by atoms with van der Waals surface area (Å²) >= 11 is 0. The zero-order valence-electron chi connectivity index (χ0n) is 11.2. The highest BCUT2D eigenvalue weighted by Gasteiger charge is 2.19. The molecule has 4 heteroatoms. The van der Waals surface area contributed by atoms with Crippen LogP contribution in [0, 0.1) is 18.6 Å². The highest BCUT2D eigenvalue weighted by atomic mass is 19.1. The monoisotopic (exact) mass is 255 g/mol. The molecular weight excluding hydrogens is 236 g/mol. The second-order valence-electron chi connectivity index (χ2n) is 5.40. The first kappa shape index (κ1) is 14.8. The molecule has 0 atom stereocenters. The average molecular weight is 255 g/mol. The minimum Gasteiger partial charge on any atom is -0.312 e. The van der Waals surface area contributed by atoms with E-state index in [1.54, 1.807) is 0 Å². The lowest BCUT2D eigenvalue weighted by atomic mass is 10.0. The first-order valence-corrected chi connectivity index (χ1v) is 5.95. The molecule has 2 nitrogen and oxygen atoms in total. The molecule has 0 radical (unpaired) electrons. The van der Waals surface area contributed by atoms with E-state index in [0.29, 0.717) is 6.54 Å². The minimum absolute atomic E-state index is 0.0779. The summed E-state index contributed by atoms with van der Waals surface area (Å²) in [7, 11) is 0. The molecular formula is C14H19F2NO. The molecule has 1 aromatic rings. The van der Waals surface area contributed by atoms with Crippen LogP contribution in [0.1, 0.15) is 43.1 Å². The Bertz CT molecular complexity index is 450. The van der Waals surface area contributed by atoms with E-state index in [0.717, 1.165) is 6.07 Å². The largest absolute Gasteiger partial charge is 0.312 e. The second kappa shape index (κ2) is 5.57. The Labute approximate surface area is 106 Å². The number of nitrogens with one attached hydrogen (secondary N) is 1. The van der Waals surface area contributed by atoms with E-state index in [9.17, 15) is 13.6 Å². The van der Waals surface area contributed by atoms with Crippen LogP contribution in [0.15, 0.2) is 12.1 Å². The molecule has 100 valence electrons. The Morgan fingerprint density at radius 2 is 1.89 bits per heavy atom. The summed E-state index contributed by atoms with van der Waals surface area (Å²) in [6.45, 7) is 7.80. The molecule has 0 fully saturated rings. The van der Waals surface area contributed by atoms with Crippen LogP contribution in [0.25, 0.3) is 0 Å². The van der Waals surface area contributed by atoms with Crippen molar-refractivity contribution in [2.24, 2.45) is 0 Å². The van der Waals surface area contributed by atoms with Gasteiger partial charge in [-0.25, -0.2) is 8.78 Å². The fraction of sp³-hybridized carbons (Fsp3) is 0.500. The van der Waals surface area contributed by atoms with Gasteiger partial charge < -0.3 is 5.32 Å². The molecule has 0 saturated carbocycles. The molecule has 0 aliphatic heterocycles. The predicted octanol–water partition coefficient (Wildman–Crippen LogP) is 3.23. The lowest BCUT2D eigenvalue weighted by Crippen LogP contribution is -2.37. The van der Waals surface area contributed by atoms with Crippen molar-refractivity contribution in [3.63, 3.8) is 0 Å². The number of Topliss-reactive ketones (excluding diaryl/α,β-unsaturated/α-hetero) is 1. The summed E-state index contributed by atoms with van der Waals surface area (Å²) in [5.74, 6) is -2.06. The summed E-state index contributed by atoms with van der Waals surface area (Å²) in [4.78, 5) is 11.8. The topological polar surface area (TPSA) is 29.1 Å². The number of hydrogen-bond acceptors (Lipinski definition) is 2. The van der Waals surface area contributed by atoms with Gasteiger partial charge in [0.2, 0.25) is 0 Å². The summed E-state index contributed by atoms with van der Waals surface area (Å²) in [5, 5.41) is 3.11. The molecule has 0 unspecified atom stereocenters. The van der Waals surface area contributed by atoms with Crippen LogP contribution < -0.4 is 5.32 Å². The van der Waals surface area contributed by atoms with E-state index in [-0.39, 0.29) is 17.5 Å². The smallest absolute Gasteiger partial charge is 0.170 e. The Balaban J connectivity index is 2.76. The van der Waals surface area contributed by atoms with E-state index in [1.165, 1.54) is 13.0 Å². The maximum Gasteiger partial charge on any atom is 0.170 e. The predicted molar refractivity (Wildman–Crippen MR) is 67.8 cm³/mol. The average Bonchev–Trinajstić information content (AvgIpc) is 2.22. The van der Waals surface area contributed by atoms with Gasteiger partial charge in [0.25, 0.3) is 0 Å². The van der Waals surface area contributed by atoms with E-state index in [2.05, 4.69) is 5.32 Å². The third-order valence-electron chi connectivity index (χ3n) is 2.57. The van der Waals surface area contributed by atoms with Crippen LogP contribution in [-0.4, -0.2) is 17.9 Å². The molecule has 18 heavy (non-hydrogen) atoms. The Morgan fingerprint density at radius 3 is 2.44 bits per heavy atom. The molecule has 0 amide bonds. The summed E-state index contributed by atoms with van der Waals surface area (Å²) in [6.07, 6.45) is 0.0779. The van der Waals surface area contributed by atoms with E-state index >= 15 is 0 Å². The summed E-state index contributed by atoms with van der Waals surface area (Å²) < 4.78 is 27.2. The standard InChI is InChI=1S/C14H19F2NO/c1-9-5-6-10(15)12(13(9)16)11(18)7-8-17-14(2,3)4/h5-6,17H,7-8H2,1-4H3. The van der Waals surface area contributed by atoms with E-state index < -0.39 is 23.0 Å². The Morgan fingerprint density at radius 1 is 1.28 bits per heavy atom. The van der Waals surface area contributed by atoms with Gasteiger partial charge in [-0.15, -0.1) is 0 Å². The van der Waals surface area contributed by atoms with Crippen LogP contribution in [0.2, 0.25) is 0 Å². The fourth-order valence-electron chi connectivity index (χ4n) is 1.59. The molecule has 0 aromatic heterocycles. The molecule has 0 saturated heterocycles. The van der Waals surface area contributed by atoms with Crippen molar-refractivity contribution >= 4 is 5.78 Å². The van der Waals surface area contributed by atoms with E-state index in [4.69, 9.17) is 0 Å². The minimum atomic E-state index is -0.793. The number of hydrogen-bond donors (Lipinski definition) is 1. The molecule has 0 bridgehead atoms. The van der Waals surface area contributed by atoms with E-state index in [1.807, 2.05) is 20.8 Å². The summed E-state index contributed by atoms with van der Waals surface area (Å²) in [6, 6.07) is 2.46. The number of ketones is 1. The molecule has 1 aromatic carbocycles. The van der Waals surface area contributed by atoms with Gasteiger partial charge in [-0.2, -0.15) is 0 Å². The van der Waals surface area contributed by atoms with Gasteiger partial charge in [0.05, 0.1) is 5.56 Å². The van der Waals surface area contributed by atoms with Gasteiger partial charge in [-0.05, 0) is 39.3 Å². The lowest BCUT2D eigenvalue weighted by molar-refractivity contribution is 0.0972. The second-order valence-corrected chi connectivity index (χ2v) is 5.40. The SMILES string of the molecule is Cc1ccc(F)c(C(=O)CCNC(C)(C)C)c1F. The first-order chi connectivity index (χ1) is 8.22. The van der Waals surface area contributed by atoms with Crippen molar-refractivity contribution in [2.75, 3.05) is 6.54 Å². The number of aryl methyl sites for hydroxylation is 1. The van der Waals surface area contributed by atoms with Crippen LogP contribution in [-0.2, 0) is 0 Å². The molecule has 1 N–H and O–H groups in total. The van der Waals surface area contributed by atoms with Crippen LogP contribution >= 0.6 is 0 Å². The first-order valence-electron chi connectivity index (χ1n) is 5.95. The van der Waals surface area contributed by atoms with Crippen LogP contribution in [0.4, 0.5) is 8.78 Å². The van der Waals surface area contributed by atoms with Crippen molar-refractivity contribution < 1.29 is 13.6 Å². The van der Waals surface area contributed by atoms with Crippen molar-refractivity contribution in [3.8, 4) is 0 Å². The molecule has 0 aliphatic carbocycles. The van der Waals surface area contributed by atoms with Gasteiger partial charge in [0.15, 0.2) is 5.78 Å². The number of benzene rings is 1. The maximum atomic E-state index is 13.7. The zero-order valence-corrected chi connectivity index (χ0v) is 11.2. The maximum absolute atomic E-state index is 13.7. The number of carbonyl (C=O) groups excluding carboxylic acids is 1. The molecule has 0 spiro atoms. The molecule has 0 aliphatic rings. The Kier molecular flexibility index (Phi) is 4.57. The van der Waals surface area contributed by atoms with Gasteiger partial charge in [0.1, 0.15) is 11.6 Å². The van der Waals surface area contributed by atoms with Crippen molar-refractivity contribution in [3.05, 3.63) is 34.9 Å². The van der Waals surface area contributed by atoms with Crippen molar-refractivity contribution in [1.29, 1.82) is 0 Å². The Hall–Kier alpha value is -1.29. The highest BCUT2D eigenvalue weighted by molar-refractivity contribution is 5.96. The zero-order chi connectivity index (χ0) is 13.9. The third-order valence-corrected chi connectivity index (χ3v) is 2.57. The van der Waals surface area contributed by atoms with Gasteiger partial charge in [-0.1, -0.05) is 6.07 Å². The van der Waals surface area contributed by atoms with Crippen molar-refractivity contribution in [2.45, 2.75) is 39.7 Å². The highest BCUT2D eigenvalue weighted by Crippen LogP contribution is 2.18. The van der Waals surface area contributed by atoms with Gasteiger partial charge >= 0.3 is 0 Å². The normalized spacial score (nSPS) is 11.7. The number of halogens is 2.